The van der Waals surface area contributed by atoms with E-state index < -0.39 is 0 Å². The molecular formula is C16H17NO. The van der Waals surface area contributed by atoms with Crippen LogP contribution in [0.15, 0.2) is 60.7 Å². The van der Waals surface area contributed by atoms with E-state index in [1.54, 1.807) is 0 Å². The number of carbonyl (C=O) groups excluding carboxylic acids is 1. The standard InChI is InChI=1S/C16H17NO/c1-13(17-15-10-6-3-7-11-15)16(18)12-14-8-4-2-5-9-14/h2-11,13,17H,12H2,1H3/t13-/m0/s1. The Hall–Kier alpha value is -2.09. The second-order valence-electron chi connectivity index (χ2n) is 4.36. The van der Waals surface area contributed by atoms with E-state index in [0.717, 1.165) is 11.3 Å². The van der Waals surface area contributed by atoms with Crippen molar-refractivity contribution in [1.82, 2.24) is 0 Å². The molecule has 2 aromatic rings. The Kier molecular flexibility index (Phi) is 4.13. The predicted octanol–water partition coefficient (Wildman–Crippen LogP) is 3.30. The van der Waals surface area contributed by atoms with Gasteiger partial charge in [0.05, 0.1) is 6.04 Å². The van der Waals surface area contributed by atoms with E-state index in [2.05, 4.69) is 5.32 Å². The van der Waals surface area contributed by atoms with Crippen molar-refractivity contribution in [2.75, 3.05) is 5.32 Å². The average molecular weight is 239 g/mol. The normalized spacial score (nSPS) is 11.8. The van der Waals surface area contributed by atoms with Gasteiger partial charge in [-0.05, 0) is 24.6 Å². The minimum absolute atomic E-state index is 0.174. The van der Waals surface area contributed by atoms with Crippen LogP contribution in [-0.4, -0.2) is 11.8 Å². The van der Waals surface area contributed by atoms with E-state index in [0.29, 0.717) is 6.42 Å². The van der Waals surface area contributed by atoms with Gasteiger partial charge in [0.15, 0.2) is 5.78 Å². The maximum atomic E-state index is 12.1. The van der Waals surface area contributed by atoms with Crippen LogP contribution in [0.2, 0.25) is 0 Å². The second kappa shape index (κ2) is 6.01. The molecule has 0 saturated heterocycles. The Balaban J connectivity index is 1.93. The molecular weight excluding hydrogens is 222 g/mol. The molecule has 92 valence electrons. The number of ketones is 1. The lowest BCUT2D eigenvalue weighted by molar-refractivity contribution is -0.118. The highest BCUT2D eigenvalue weighted by Crippen LogP contribution is 2.09. The molecule has 0 spiro atoms. The van der Waals surface area contributed by atoms with Crippen LogP contribution in [0.4, 0.5) is 5.69 Å². The lowest BCUT2D eigenvalue weighted by Gasteiger charge is -2.14. The Morgan fingerprint density at radius 3 is 2.17 bits per heavy atom. The summed E-state index contributed by atoms with van der Waals surface area (Å²) >= 11 is 0. The van der Waals surface area contributed by atoms with Crippen molar-refractivity contribution in [3.63, 3.8) is 0 Å². The zero-order valence-electron chi connectivity index (χ0n) is 10.5. The van der Waals surface area contributed by atoms with Gasteiger partial charge in [-0.15, -0.1) is 0 Å². The van der Waals surface area contributed by atoms with Gasteiger partial charge in [-0.25, -0.2) is 0 Å². The molecule has 18 heavy (non-hydrogen) atoms. The first-order valence-electron chi connectivity index (χ1n) is 6.14. The number of benzene rings is 2. The maximum absolute atomic E-state index is 12.1. The smallest absolute Gasteiger partial charge is 0.159 e. The van der Waals surface area contributed by atoms with Crippen LogP contribution < -0.4 is 5.32 Å². The summed E-state index contributed by atoms with van der Waals surface area (Å²) in [7, 11) is 0. The number of anilines is 1. The lowest BCUT2D eigenvalue weighted by atomic mass is 10.0. The highest BCUT2D eigenvalue weighted by molar-refractivity contribution is 5.88. The first kappa shape index (κ1) is 12.4. The molecule has 2 aromatic carbocycles. The van der Waals surface area contributed by atoms with Crippen LogP contribution in [0.25, 0.3) is 0 Å². The Morgan fingerprint density at radius 2 is 1.56 bits per heavy atom. The van der Waals surface area contributed by atoms with Gasteiger partial charge in [0.1, 0.15) is 0 Å². The zero-order chi connectivity index (χ0) is 12.8. The molecule has 2 nitrogen and oxygen atoms in total. The second-order valence-corrected chi connectivity index (χ2v) is 4.36. The summed E-state index contributed by atoms with van der Waals surface area (Å²) in [4.78, 5) is 12.1. The summed E-state index contributed by atoms with van der Waals surface area (Å²) in [6, 6.07) is 19.5. The number of carbonyl (C=O) groups is 1. The van der Waals surface area contributed by atoms with Gasteiger partial charge in [-0.3, -0.25) is 4.79 Å². The summed E-state index contributed by atoms with van der Waals surface area (Å²) in [5.41, 5.74) is 2.04. The van der Waals surface area contributed by atoms with E-state index in [9.17, 15) is 4.79 Å². The first-order valence-corrected chi connectivity index (χ1v) is 6.14. The number of rotatable bonds is 5. The molecule has 0 radical (unpaired) electrons. The van der Waals surface area contributed by atoms with Gasteiger partial charge in [0.2, 0.25) is 0 Å². The largest absolute Gasteiger partial charge is 0.376 e. The molecule has 0 aliphatic carbocycles. The highest BCUT2D eigenvalue weighted by atomic mass is 16.1. The molecule has 0 amide bonds. The van der Waals surface area contributed by atoms with Gasteiger partial charge in [-0.1, -0.05) is 48.5 Å². The number of hydrogen-bond donors (Lipinski definition) is 1. The van der Waals surface area contributed by atoms with Crippen LogP contribution in [0.1, 0.15) is 12.5 Å². The van der Waals surface area contributed by atoms with Gasteiger partial charge < -0.3 is 5.32 Å². The van der Waals surface area contributed by atoms with Crippen molar-refractivity contribution in [2.24, 2.45) is 0 Å². The average Bonchev–Trinajstić information content (AvgIpc) is 2.41. The third kappa shape index (κ3) is 3.45. The van der Waals surface area contributed by atoms with Crippen LogP contribution in [-0.2, 0) is 11.2 Å². The predicted molar refractivity (Wildman–Crippen MR) is 74.7 cm³/mol. The van der Waals surface area contributed by atoms with Gasteiger partial charge in [0.25, 0.3) is 0 Å². The quantitative estimate of drug-likeness (QED) is 0.867. The van der Waals surface area contributed by atoms with Crippen molar-refractivity contribution in [1.29, 1.82) is 0 Å². The summed E-state index contributed by atoms with van der Waals surface area (Å²) in [5, 5.41) is 3.21. The molecule has 0 bridgehead atoms. The fourth-order valence-corrected chi connectivity index (χ4v) is 1.82. The summed E-state index contributed by atoms with van der Waals surface area (Å²) in [5.74, 6) is 0.199. The van der Waals surface area contributed by atoms with E-state index in [1.165, 1.54) is 0 Å². The molecule has 2 rings (SSSR count). The number of nitrogens with one attached hydrogen (secondary N) is 1. The number of hydrogen-bond acceptors (Lipinski definition) is 2. The fraction of sp³-hybridized carbons (Fsp3) is 0.188. The topological polar surface area (TPSA) is 29.1 Å². The molecule has 1 N–H and O–H groups in total. The zero-order valence-corrected chi connectivity index (χ0v) is 10.5. The molecule has 0 aromatic heterocycles. The Morgan fingerprint density at radius 1 is 1.00 bits per heavy atom. The van der Waals surface area contributed by atoms with Crippen LogP contribution in [0.5, 0.6) is 0 Å². The van der Waals surface area contributed by atoms with Crippen LogP contribution in [0, 0.1) is 0 Å². The molecule has 0 aliphatic rings. The Bertz CT molecular complexity index is 493. The van der Waals surface area contributed by atoms with Crippen molar-refractivity contribution in [2.45, 2.75) is 19.4 Å². The molecule has 0 unspecified atom stereocenters. The molecule has 2 heteroatoms. The minimum Gasteiger partial charge on any atom is -0.376 e. The molecule has 0 saturated carbocycles. The SMILES string of the molecule is C[C@H](Nc1ccccc1)C(=O)Cc1ccccc1. The molecule has 0 heterocycles. The number of Topliss-reactive ketones (excluding diaryl/α,β-unsaturated/α-hetero) is 1. The van der Waals surface area contributed by atoms with E-state index in [-0.39, 0.29) is 11.8 Å². The lowest BCUT2D eigenvalue weighted by Crippen LogP contribution is -2.27. The van der Waals surface area contributed by atoms with Crippen molar-refractivity contribution in [3.8, 4) is 0 Å². The first-order chi connectivity index (χ1) is 8.75. The van der Waals surface area contributed by atoms with Crippen molar-refractivity contribution < 1.29 is 4.79 Å². The maximum Gasteiger partial charge on any atom is 0.159 e. The highest BCUT2D eigenvalue weighted by Gasteiger charge is 2.12. The monoisotopic (exact) mass is 239 g/mol. The molecule has 0 fully saturated rings. The molecule has 0 aliphatic heterocycles. The number of para-hydroxylation sites is 1. The summed E-state index contributed by atoms with van der Waals surface area (Å²) in [6.45, 7) is 1.90. The summed E-state index contributed by atoms with van der Waals surface area (Å²) in [6.07, 6.45) is 0.474. The summed E-state index contributed by atoms with van der Waals surface area (Å²) < 4.78 is 0. The molecule has 1 atom stereocenters. The van der Waals surface area contributed by atoms with Crippen LogP contribution in [0.3, 0.4) is 0 Å². The van der Waals surface area contributed by atoms with Gasteiger partial charge in [0, 0.05) is 12.1 Å². The third-order valence-corrected chi connectivity index (χ3v) is 2.86. The van der Waals surface area contributed by atoms with Gasteiger partial charge in [-0.2, -0.15) is 0 Å². The Labute approximate surface area is 108 Å². The van der Waals surface area contributed by atoms with Crippen LogP contribution >= 0.6 is 0 Å². The fourth-order valence-electron chi connectivity index (χ4n) is 1.82. The van der Waals surface area contributed by atoms with Crippen molar-refractivity contribution in [3.05, 3.63) is 66.2 Å². The van der Waals surface area contributed by atoms with E-state index >= 15 is 0 Å². The van der Waals surface area contributed by atoms with E-state index in [1.807, 2.05) is 67.6 Å². The minimum atomic E-state index is -0.174. The van der Waals surface area contributed by atoms with E-state index in [4.69, 9.17) is 0 Å². The van der Waals surface area contributed by atoms with Crippen molar-refractivity contribution >= 4 is 11.5 Å². The van der Waals surface area contributed by atoms with Gasteiger partial charge >= 0.3 is 0 Å². The third-order valence-electron chi connectivity index (χ3n) is 2.86.